The average Bonchev–Trinajstić information content (AvgIpc) is 1.64. The monoisotopic (exact) mass is 152 g/mol. The van der Waals surface area contributed by atoms with Gasteiger partial charge in [0.1, 0.15) is 0 Å². The van der Waals surface area contributed by atoms with Gasteiger partial charge in [-0.3, -0.25) is 5.84 Å². The van der Waals surface area contributed by atoms with E-state index in [0.29, 0.717) is 4.78 Å². The van der Waals surface area contributed by atoms with E-state index in [0.717, 1.165) is 0 Å². The fourth-order valence-corrected chi connectivity index (χ4v) is 0.567. The Kier molecular flexibility index (Phi) is 3.03. The van der Waals surface area contributed by atoms with Gasteiger partial charge in [-0.15, -0.1) is 11.4 Å². The summed E-state index contributed by atoms with van der Waals surface area (Å²) in [7, 11) is -4.23. The molecule has 0 radical (unpaired) electrons. The second-order valence-electron chi connectivity index (χ2n) is 1.42. The Morgan fingerprint density at radius 3 is 2.33 bits per heavy atom. The first-order chi connectivity index (χ1) is 3.98. The largest absolute Gasteiger partial charge is 0.416 e. The number of nitrogens with two attached hydrogens (primary N) is 1. The topological polar surface area (TPSA) is 86.8 Å². The second kappa shape index (κ2) is 3.10. The van der Waals surface area contributed by atoms with Gasteiger partial charge in [-0.05, 0) is 0 Å². The zero-order valence-corrected chi connectivity index (χ0v) is 5.66. The Morgan fingerprint density at radius 1 is 1.78 bits per heavy atom. The SMILES string of the molecule is C=CCN(N)P(=O)(O)O. The summed E-state index contributed by atoms with van der Waals surface area (Å²) in [5.74, 6) is 4.86. The summed E-state index contributed by atoms with van der Waals surface area (Å²) in [6.45, 7) is 3.23. The number of nitrogens with zero attached hydrogens (tertiary/aromatic N) is 1. The maximum atomic E-state index is 10.2. The molecule has 0 aliphatic heterocycles. The van der Waals surface area contributed by atoms with E-state index in [-0.39, 0.29) is 6.54 Å². The van der Waals surface area contributed by atoms with E-state index in [4.69, 9.17) is 15.6 Å². The summed E-state index contributed by atoms with van der Waals surface area (Å²) in [6, 6.07) is 0. The van der Waals surface area contributed by atoms with E-state index < -0.39 is 7.75 Å². The lowest BCUT2D eigenvalue weighted by atomic mass is 10.7. The van der Waals surface area contributed by atoms with Gasteiger partial charge in [0, 0.05) is 6.54 Å². The van der Waals surface area contributed by atoms with Gasteiger partial charge in [-0.25, -0.2) is 4.57 Å². The molecular formula is C3H9N2O3P. The van der Waals surface area contributed by atoms with Crippen molar-refractivity contribution in [3.63, 3.8) is 0 Å². The summed E-state index contributed by atoms with van der Waals surface area (Å²) in [5.41, 5.74) is 0. The highest BCUT2D eigenvalue weighted by Gasteiger charge is 2.19. The van der Waals surface area contributed by atoms with Crippen molar-refractivity contribution in [2.24, 2.45) is 5.84 Å². The molecule has 0 saturated heterocycles. The molecular weight excluding hydrogens is 143 g/mol. The zero-order valence-electron chi connectivity index (χ0n) is 4.77. The minimum atomic E-state index is -4.23. The van der Waals surface area contributed by atoms with E-state index in [9.17, 15) is 4.57 Å². The van der Waals surface area contributed by atoms with Gasteiger partial charge in [-0.2, -0.15) is 0 Å². The predicted octanol–water partition coefficient (Wildman–Crippen LogP) is -0.559. The standard InChI is InChI=1S/C3H9N2O3P/c1-2-3-5(4)9(6,7)8/h2H,1,3-4H2,(H2,6,7,8). The van der Waals surface area contributed by atoms with Crippen molar-refractivity contribution in [1.29, 1.82) is 0 Å². The Morgan fingerprint density at radius 2 is 2.22 bits per heavy atom. The third-order valence-electron chi connectivity index (χ3n) is 0.651. The average molecular weight is 152 g/mol. The van der Waals surface area contributed by atoms with Crippen LogP contribution in [0.1, 0.15) is 0 Å². The van der Waals surface area contributed by atoms with Crippen molar-refractivity contribution < 1.29 is 14.4 Å². The molecule has 9 heavy (non-hydrogen) atoms. The van der Waals surface area contributed by atoms with Crippen LogP contribution in [0.15, 0.2) is 12.7 Å². The second-order valence-corrected chi connectivity index (χ2v) is 2.96. The van der Waals surface area contributed by atoms with Crippen molar-refractivity contribution in [2.75, 3.05) is 6.54 Å². The van der Waals surface area contributed by atoms with Crippen LogP contribution >= 0.6 is 7.75 Å². The van der Waals surface area contributed by atoms with Crippen molar-refractivity contribution in [2.45, 2.75) is 0 Å². The molecule has 0 heterocycles. The molecule has 6 heteroatoms. The van der Waals surface area contributed by atoms with Crippen molar-refractivity contribution >= 4 is 7.75 Å². The molecule has 4 N–H and O–H groups in total. The minimum Gasteiger partial charge on any atom is -0.312 e. The highest BCUT2D eigenvalue weighted by atomic mass is 31.2. The van der Waals surface area contributed by atoms with E-state index >= 15 is 0 Å². The first-order valence-electron chi connectivity index (χ1n) is 2.17. The molecule has 0 aliphatic rings. The maximum absolute atomic E-state index is 10.2. The zero-order chi connectivity index (χ0) is 7.49. The van der Waals surface area contributed by atoms with Crippen molar-refractivity contribution in [3.05, 3.63) is 12.7 Å². The fourth-order valence-electron chi connectivity index (χ4n) is 0.239. The molecule has 0 amide bonds. The highest BCUT2D eigenvalue weighted by Crippen LogP contribution is 2.35. The minimum absolute atomic E-state index is 0.0235. The molecule has 0 unspecified atom stereocenters. The van der Waals surface area contributed by atoms with Gasteiger partial charge < -0.3 is 9.79 Å². The first kappa shape index (κ1) is 8.81. The Hall–Kier alpha value is -0.190. The van der Waals surface area contributed by atoms with Crippen LogP contribution in [0.5, 0.6) is 0 Å². The summed E-state index contributed by atoms with van der Waals surface area (Å²) < 4.78 is 10.6. The number of rotatable bonds is 3. The Bertz CT molecular complexity index is 142. The third kappa shape index (κ3) is 3.40. The lowest BCUT2D eigenvalue weighted by Gasteiger charge is -2.13. The normalized spacial score (nSPS) is 12.0. The van der Waals surface area contributed by atoms with Gasteiger partial charge in [0.05, 0.1) is 0 Å². The molecule has 0 aliphatic carbocycles. The third-order valence-corrected chi connectivity index (χ3v) is 1.48. The van der Waals surface area contributed by atoms with Crippen LogP contribution in [0.4, 0.5) is 0 Å². The van der Waals surface area contributed by atoms with Gasteiger partial charge in [-0.1, -0.05) is 6.08 Å². The molecule has 0 aromatic rings. The lowest BCUT2D eigenvalue weighted by Crippen LogP contribution is -2.27. The summed E-state index contributed by atoms with van der Waals surface area (Å²) >= 11 is 0. The first-order valence-corrected chi connectivity index (χ1v) is 3.74. The van der Waals surface area contributed by atoms with Gasteiger partial charge in [0.2, 0.25) is 0 Å². The number of hydrogen-bond donors (Lipinski definition) is 3. The molecule has 5 nitrogen and oxygen atoms in total. The molecule has 0 fully saturated rings. The van der Waals surface area contributed by atoms with Crippen molar-refractivity contribution in [1.82, 2.24) is 4.78 Å². The number of hydrazine groups is 1. The van der Waals surface area contributed by atoms with Crippen molar-refractivity contribution in [3.8, 4) is 0 Å². The highest BCUT2D eigenvalue weighted by molar-refractivity contribution is 7.49. The van der Waals surface area contributed by atoms with Crippen LogP contribution in [0.3, 0.4) is 0 Å². The van der Waals surface area contributed by atoms with Crippen LogP contribution in [0.25, 0.3) is 0 Å². The maximum Gasteiger partial charge on any atom is 0.416 e. The summed E-state index contributed by atoms with van der Waals surface area (Å²) in [5, 5.41) is 0. The van der Waals surface area contributed by atoms with E-state index in [1.54, 1.807) is 0 Å². The molecule has 54 valence electrons. The summed E-state index contributed by atoms with van der Waals surface area (Å²) in [6.07, 6.45) is 1.30. The van der Waals surface area contributed by atoms with Crippen LogP contribution in [0, 0.1) is 0 Å². The smallest absolute Gasteiger partial charge is 0.312 e. The number of hydrogen-bond acceptors (Lipinski definition) is 2. The Balaban J connectivity index is 3.88. The Labute approximate surface area is 53.0 Å². The van der Waals surface area contributed by atoms with E-state index in [1.807, 2.05) is 0 Å². The molecule has 0 spiro atoms. The molecule has 0 bridgehead atoms. The summed E-state index contributed by atoms with van der Waals surface area (Å²) in [4.78, 5) is 16.6. The van der Waals surface area contributed by atoms with E-state index in [1.165, 1.54) is 6.08 Å². The van der Waals surface area contributed by atoms with Crippen LogP contribution in [0.2, 0.25) is 0 Å². The molecule has 0 atom stereocenters. The van der Waals surface area contributed by atoms with Crippen LogP contribution in [-0.4, -0.2) is 21.1 Å². The van der Waals surface area contributed by atoms with Gasteiger partial charge in [0.25, 0.3) is 0 Å². The fraction of sp³-hybridized carbons (Fsp3) is 0.333. The van der Waals surface area contributed by atoms with Crippen LogP contribution in [-0.2, 0) is 4.57 Å². The molecule has 0 rings (SSSR count). The van der Waals surface area contributed by atoms with Gasteiger partial charge >= 0.3 is 7.75 Å². The van der Waals surface area contributed by atoms with E-state index in [2.05, 4.69) is 6.58 Å². The quantitative estimate of drug-likeness (QED) is 0.218. The van der Waals surface area contributed by atoms with Crippen LogP contribution < -0.4 is 5.84 Å². The predicted molar refractivity (Wildman–Crippen MR) is 33.1 cm³/mol. The molecule has 0 aromatic carbocycles. The molecule has 0 saturated carbocycles. The lowest BCUT2D eigenvalue weighted by molar-refractivity contribution is 0.284. The molecule has 0 aromatic heterocycles. The van der Waals surface area contributed by atoms with Gasteiger partial charge in [0.15, 0.2) is 0 Å².